The molecule has 1 heterocycles. The molecule has 1 aromatic carbocycles. The molecule has 31 heavy (non-hydrogen) atoms. The number of hydrogen-bond acceptors (Lipinski definition) is 6. The van der Waals surface area contributed by atoms with E-state index in [1.54, 1.807) is 6.92 Å². The molecule has 0 fully saturated rings. The van der Waals surface area contributed by atoms with E-state index in [2.05, 4.69) is 5.32 Å². The number of nitrogens with one attached hydrogen (secondary N) is 1. The molecule has 2 atom stereocenters. The Morgan fingerprint density at radius 1 is 1.26 bits per heavy atom. The van der Waals surface area contributed by atoms with E-state index in [1.165, 1.54) is 11.8 Å². The van der Waals surface area contributed by atoms with E-state index >= 15 is 0 Å². The molecule has 0 saturated heterocycles. The van der Waals surface area contributed by atoms with Crippen molar-refractivity contribution in [2.75, 3.05) is 30.9 Å². The number of anilines is 1. The molecule has 2 rings (SSSR count). The van der Waals surface area contributed by atoms with Crippen LogP contribution in [0.2, 0.25) is 0 Å². The Bertz CT molecular complexity index is 726. The Morgan fingerprint density at radius 2 is 1.97 bits per heavy atom. The maximum atomic E-state index is 12.7. The number of unbranched alkanes of at least 4 members (excludes halogenated alkanes) is 4. The van der Waals surface area contributed by atoms with E-state index in [9.17, 15) is 14.7 Å². The van der Waals surface area contributed by atoms with Crippen LogP contribution in [0, 0.1) is 5.92 Å². The molecular weight excluding hydrogens is 412 g/mol. The predicted molar refractivity (Wildman–Crippen MR) is 128 cm³/mol. The van der Waals surface area contributed by atoms with Gasteiger partial charge in [-0.1, -0.05) is 50.9 Å². The van der Waals surface area contributed by atoms with E-state index in [1.807, 2.05) is 44.0 Å². The van der Waals surface area contributed by atoms with Crippen LogP contribution in [-0.4, -0.2) is 54.2 Å². The average molecular weight is 451 g/mol. The number of carbonyl (C=O) groups is 2. The highest BCUT2D eigenvalue weighted by atomic mass is 32.2. The molecule has 0 saturated carbocycles. The summed E-state index contributed by atoms with van der Waals surface area (Å²) in [6.07, 6.45) is 6.09. The first kappa shape index (κ1) is 25.5. The van der Waals surface area contributed by atoms with Gasteiger partial charge in [-0.15, -0.1) is 0 Å². The minimum atomic E-state index is -0.301. The van der Waals surface area contributed by atoms with Gasteiger partial charge in [0.25, 0.3) is 0 Å². The van der Waals surface area contributed by atoms with E-state index in [0.29, 0.717) is 13.0 Å². The lowest BCUT2D eigenvalue weighted by Gasteiger charge is -2.37. The van der Waals surface area contributed by atoms with Crippen molar-refractivity contribution in [3.8, 4) is 5.75 Å². The van der Waals surface area contributed by atoms with Gasteiger partial charge in [0.15, 0.2) is 5.12 Å². The summed E-state index contributed by atoms with van der Waals surface area (Å²) in [7, 11) is 1.95. The second kappa shape index (κ2) is 13.0. The Balaban J connectivity index is 1.92. The summed E-state index contributed by atoms with van der Waals surface area (Å²) in [6, 6.07) is 5.47. The van der Waals surface area contributed by atoms with Crippen LogP contribution in [0.4, 0.5) is 5.69 Å². The summed E-state index contributed by atoms with van der Waals surface area (Å²) >= 11 is 1.41. The second-order valence-corrected chi connectivity index (χ2v) is 9.91. The zero-order chi connectivity index (χ0) is 22.8. The molecule has 7 heteroatoms. The number of nitrogens with zero attached hydrogens (tertiary/aromatic N) is 1. The Kier molecular flexibility index (Phi) is 10.7. The van der Waals surface area contributed by atoms with Crippen molar-refractivity contribution in [3.05, 3.63) is 23.8 Å². The van der Waals surface area contributed by atoms with Crippen LogP contribution < -0.4 is 15.0 Å². The van der Waals surface area contributed by atoms with Crippen LogP contribution in [0.3, 0.4) is 0 Å². The van der Waals surface area contributed by atoms with Gasteiger partial charge in [-0.05, 0) is 36.8 Å². The summed E-state index contributed by atoms with van der Waals surface area (Å²) in [4.78, 5) is 25.7. The first-order chi connectivity index (χ1) is 14.8. The molecule has 1 amide bonds. The summed E-state index contributed by atoms with van der Waals surface area (Å²) in [6.45, 7) is 6.28. The molecule has 2 N–H and O–H groups in total. The standard InChI is InChI=1S/C24H38N2O4S/c1-17(2)23-24(29)25-20(16-27)14-19-10-11-21(15-22(19)26(23)4)30-12-8-6-5-7-9-13-31-18(3)28/h10-11,15,17,20,23,27H,5-9,12-14,16H2,1-4H3,(H,25,29). The highest BCUT2D eigenvalue weighted by molar-refractivity contribution is 8.13. The normalized spacial score (nSPS) is 18.9. The third-order valence-corrected chi connectivity index (χ3v) is 6.55. The van der Waals surface area contributed by atoms with Crippen LogP contribution in [-0.2, 0) is 16.0 Å². The molecule has 0 radical (unpaired) electrons. The molecule has 1 aliphatic rings. The first-order valence-corrected chi connectivity index (χ1v) is 12.3. The van der Waals surface area contributed by atoms with Gasteiger partial charge in [0.1, 0.15) is 11.8 Å². The maximum absolute atomic E-state index is 12.7. The molecule has 0 bridgehead atoms. The van der Waals surface area contributed by atoms with Crippen molar-refractivity contribution >= 4 is 28.5 Å². The number of benzene rings is 1. The Morgan fingerprint density at radius 3 is 2.65 bits per heavy atom. The van der Waals surface area contributed by atoms with Crippen molar-refractivity contribution in [2.45, 2.75) is 71.4 Å². The van der Waals surface area contributed by atoms with Crippen molar-refractivity contribution in [1.82, 2.24) is 5.32 Å². The van der Waals surface area contributed by atoms with E-state index < -0.39 is 0 Å². The molecule has 0 spiro atoms. The lowest BCUT2D eigenvalue weighted by molar-refractivity contribution is -0.124. The first-order valence-electron chi connectivity index (χ1n) is 11.4. The van der Waals surface area contributed by atoms with Crippen molar-refractivity contribution < 1.29 is 19.4 Å². The number of amides is 1. The fourth-order valence-corrected chi connectivity index (χ4v) is 4.70. The highest BCUT2D eigenvalue weighted by Crippen LogP contribution is 2.31. The summed E-state index contributed by atoms with van der Waals surface area (Å²) in [5.74, 6) is 1.82. The smallest absolute Gasteiger partial charge is 0.243 e. The number of rotatable bonds is 11. The van der Waals surface area contributed by atoms with Gasteiger partial charge in [0, 0.05) is 31.5 Å². The number of carbonyl (C=O) groups excluding carboxylic acids is 2. The van der Waals surface area contributed by atoms with Gasteiger partial charge in [-0.2, -0.15) is 0 Å². The van der Waals surface area contributed by atoms with Crippen LogP contribution in [0.15, 0.2) is 18.2 Å². The molecule has 6 nitrogen and oxygen atoms in total. The van der Waals surface area contributed by atoms with E-state index in [0.717, 1.165) is 54.9 Å². The fraction of sp³-hybridized carbons (Fsp3) is 0.667. The minimum Gasteiger partial charge on any atom is -0.494 e. The lowest BCUT2D eigenvalue weighted by atomic mass is 9.95. The van der Waals surface area contributed by atoms with Crippen molar-refractivity contribution in [3.63, 3.8) is 0 Å². The molecular formula is C24H38N2O4S. The topological polar surface area (TPSA) is 78.9 Å². The lowest BCUT2D eigenvalue weighted by Crippen LogP contribution is -2.54. The molecule has 2 unspecified atom stereocenters. The number of thioether (sulfide) groups is 1. The number of fused-ring (bicyclic) bond motifs is 1. The fourth-order valence-electron chi connectivity index (χ4n) is 4.06. The number of ether oxygens (including phenoxy) is 1. The Hall–Kier alpha value is -1.73. The molecule has 1 aromatic rings. The zero-order valence-electron chi connectivity index (χ0n) is 19.4. The summed E-state index contributed by atoms with van der Waals surface area (Å²) < 4.78 is 6.00. The summed E-state index contributed by atoms with van der Waals surface area (Å²) in [5.41, 5.74) is 2.09. The minimum absolute atomic E-state index is 0.0461. The van der Waals surface area contributed by atoms with Gasteiger partial charge in [0.05, 0.1) is 19.3 Å². The monoisotopic (exact) mass is 450 g/mol. The molecule has 0 aliphatic carbocycles. The van der Waals surface area contributed by atoms with Crippen LogP contribution in [0.25, 0.3) is 0 Å². The molecule has 1 aliphatic heterocycles. The van der Waals surface area contributed by atoms with Crippen LogP contribution >= 0.6 is 11.8 Å². The molecule has 174 valence electrons. The number of aliphatic hydroxyl groups excluding tert-OH is 1. The third kappa shape index (κ3) is 8.04. The Labute approximate surface area is 191 Å². The van der Waals surface area contributed by atoms with Crippen molar-refractivity contribution in [1.29, 1.82) is 0 Å². The van der Waals surface area contributed by atoms with Crippen LogP contribution in [0.5, 0.6) is 5.75 Å². The largest absolute Gasteiger partial charge is 0.494 e. The molecule has 0 aromatic heterocycles. The van der Waals surface area contributed by atoms with Gasteiger partial charge in [0.2, 0.25) is 5.91 Å². The van der Waals surface area contributed by atoms with Gasteiger partial charge in [-0.25, -0.2) is 0 Å². The summed E-state index contributed by atoms with van der Waals surface area (Å²) in [5, 5.41) is 12.9. The number of aliphatic hydroxyl groups is 1. The number of likely N-dealkylation sites (N-methyl/N-ethyl adjacent to an activating group) is 1. The average Bonchev–Trinajstić information content (AvgIpc) is 2.71. The van der Waals surface area contributed by atoms with Gasteiger partial charge >= 0.3 is 0 Å². The van der Waals surface area contributed by atoms with E-state index in [-0.39, 0.29) is 35.6 Å². The van der Waals surface area contributed by atoms with E-state index in [4.69, 9.17) is 4.74 Å². The van der Waals surface area contributed by atoms with Gasteiger partial charge < -0.3 is 20.1 Å². The predicted octanol–water partition coefficient (Wildman–Crippen LogP) is 3.79. The maximum Gasteiger partial charge on any atom is 0.243 e. The van der Waals surface area contributed by atoms with Crippen molar-refractivity contribution in [2.24, 2.45) is 5.92 Å². The second-order valence-electron chi connectivity index (χ2n) is 8.64. The SMILES string of the molecule is CC(=O)SCCCCCCCOc1ccc2c(c1)N(C)C(C(C)C)C(=O)NC(CO)C2. The van der Waals surface area contributed by atoms with Gasteiger partial charge in [-0.3, -0.25) is 9.59 Å². The number of hydrogen-bond donors (Lipinski definition) is 2. The third-order valence-electron chi connectivity index (χ3n) is 5.65. The zero-order valence-corrected chi connectivity index (χ0v) is 20.2. The van der Waals surface area contributed by atoms with Crippen LogP contribution in [0.1, 0.15) is 58.4 Å². The quantitative estimate of drug-likeness (QED) is 0.500. The highest BCUT2D eigenvalue weighted by Gasteiger charge is 2.32.